The fourth-order valence-electron chi connectivity index (χ4n) is 6.88. The number of furan rings is 1. The van der Waals surface area contributed by atoms with Crippen molar-refractivity contribution in [3.63, 3.8) is 0 Å². The molecule has 5 nitrogen and oxygen atoms in total. The highest BCUT2D eigenvalue weighted by atomic mass is 16.3. The Morgan fingerprint density at radius 1 is 1.26 bits per heavy atom. The zero-order valence-electron chi connectivity index (χ0n) is 16.2. The van der Waals surface area contributed by atoms with E-state index in [-0.39, 0.29) is 23.8 Å². The minimum absolute atomic E-state index is 0.0500. The summed E-state index contributed by atoms with van der Waals surface area (Å²) in [6.07, 6.45) is 10.0. The summed E-state index contributed by atoms with van der Waals surface area (Å²) < 4.78 is 5.35. The zero-order chi connectivity index (χ0) is 18.6. The van der Waals surface area contributed by atoms with Crippen molar-refractivity contribution in [2.45, 2.75) is 64.5 Å². The average Bonchev–Trinajstić information content (AvgIpc) is 3.24. The van der Waals surface area contributed by atoms with E-state index >= 15 is 0 Å². The third-order valence-electron chi connectivity index (χ3n) is 7.88. The molecule has 6 rings (SSSR count). The van der Waals surface area contributed by atoms with Crippen LogP contribution in [0.2, 0.25) is 0 Å². The number of nitrogens with zero attached hydrogens (tertiary/aromatic N) is 1. The molecule has 1 aliphatic heterocycles. The Hall–Kier alpha value is -1.78. The Balaban J connectivity index is 1.21. The standard InChI is InChI=1S/C22H30N2O3/c1-14(22-9-15-5-16(10-22)7-17(6-15)11-22)23-21(26)18-8-20(25)24(12-18)13-19-3-2-4-27-19/h2-4,14-18H,5-13H2,1H3,(H,23,26)/t14-,15?,16?,17?,18+,22?/m1/s1. The van der Waals surface area contributed by atoms with Crippen LogP contribution in [0.4, 0.5) is 0 Å². The van der Waals surface area contributed by atoms with Gasteiger partial charge in [-0.3, -0.25) is 9.59 Å². The van der Waals surface area contributed by atoms with Crippen LogP contribution in [0.15, 0.2) is 22.8 Å². The predicted octanol–water partition coefficient (Wildman–Crippen LogP) is 3.35. The van der Waals surface area contributed by atoms with Gasteiger partial charge in [-0.05, 0) is 80.8 Å². The van der Waals surface area contributed by atoms with Crippen LogP contribution in [0, 0.1) is 29.1 Å². The third kappa shape index (κ3) is 3.09. The molecule has 4 bridgehead atoms. The van der Waals surface area contributed by atoms with Crippen LogP contribution in [-0.2, 0) is 16.1 Å². The summed E-state index contributed by atoms with van der Waals surface area (Å²) >= 11 is 0. The highest BCUT2D eigenvalue weighted by Crippen LogP contribution is 2.61. The monoisotopic (exact) mass is 370 g/mol. The molecule has 5 heteroatoms. The third-order valence-corrected chi connectivity index (χ3v) is 7.88. The Kier molecular flexibility index (Phi) is 4.10. The molecule has 146 valence electrons. The number of rotatable bonds is 5. The van der Waals surface area contributed by atoms with Crippen LogP contribution in [0.25, 0.3) is 0 Å². The first-order chi connectivity index (χ1) is 13.0. The van der Waals surface area contributed by atoms with Crippen LogP contribution in [-0.4, -0.2) is 29.3 Å². The summed E-state index contributed by atoms with van der Waals surface area (Å²) in [5.74, 6) is 3.30. The molecule has 5 fully saturated rings. The van der Waals surface area contributed by atoms with Gasteiger partial charge in [0.25, 0.3) is 0 Å². The summed E-state index contributed by atoms with van der Waals surface area (Å²) in [5.41, 5.74) is 0.306. The highest BCUT2D eigenvalue weighted by Gasteiger charge is 2.53. The number of carbonyl (C=O) groups excluding carboxylic acids is 2. The minimum atomic E-state index is -0.233. The van der Waals surface area contributed by atoms with E-state index in [4.69, 9.17) is 4.42 Å². The van der Waals surface area contributed by atoms with Gasteiger partial charge in [-0.1, -0.05) is 0 Å². The fourth-order valence-corrected chi connectivity index (χ4v) is 6.88. The summed E-state index contributed by atoms with van der Waals surface area (Å²) in [6.45, 7) is 3.17. The molecule has 5 aliphatic rings. The van der Waals surface area contributed by atoms with Gasteiger partial charge in [0.05, 0.1) is 18.7 Å². The highest BCUT2D eigenvalue weighted by molar-refractivity contribution is 5.89. The molecule has 0 spiro atoms. The molecule has 2 heterocycles. The van der Waals surface area contributed by atoms with E-state index in [1.54, 1.807) is 11.2 Å². The number of hydrogen-bond donors (Lipinski definition) is 1. The lowest BCUT2D eigenvalue weighted by molar-refractivity contribution is -0.131. The Morgan fingerprint density at radius 3 is 2.52 bits per heavy atom. The van der Waals surface area contributed by atoms with Gasteiger partial charge in [0, 0.05) is 19.0 Å². The van der Waals surface area contributed by atoms with Crippen molar-refractivity contribution in [1.82, 2.24) is 10.2 Å². The van der Waals surface area contributed by atoms with Crippen molar-refractivity contribution in [3.05, 3.63) is 24.2 Å². The number of nitrogens with one attached hydrogen (secondary N) is 1. The maximum absolute atomic E-state index is 12.9. The first kappa shape index (κ1) is 17.3. The molecule has 1 aromatic heterocycles. The number of amides is 2. The largest absolute Gasteiger partial charge is 0.467 e. The van der Waals surface area contributed by atoms with Gasteiger partial charge in [0.2, 0.25) is 11.8 Å². The van der Waals surface area contributed by atoms with Gasteiger partial charge in [0.1, 0.15) is 5.76 Å². The molecule has 0 aromatic carbocycles. The van der Waals surface area contributed by atoms with E-state index in [1.807, 2.05) is 12.1 Å². The van der Waals surface area contributed by atoms with Crippen molar-refractivity contribution in [2.24, 2.45) is 29.1 Å². The van der Waals surface area contributed by atoms with Crippen molar-refractivity contribution in [2.75, 3.05) is 6.54 Å². The van der Waals surface area contributed by atoms with E-state index < -0.39 is 0 Å². The molecule has 1 saturated heterocycles. The van der Waals surface area contributed by atoms with Gasteiger partial charge < -0.3 is 14.6 Å². The second-order valence-corrected chi connectivity index (χ2v) is 9.76. The zero-order valence-corrected chi connectivity index (χ0v) is 16.2. The van der Waals surface area contributed by atoms with E-state index in [0.29, 0.717) is 24.9 Å². The van der Waals surface area contributed by atoms with Crippen molar-refractivity contribution < 1.29 is 14.0 Å². The van der Waals surface area contributed by atoms with Crippen molar-refractivity contribution in [3.8, 4) is 0 Å². The van der Waals surface area contributed by atoms with Crippen LogP contribution < -0.4 is 5.32 Å². The average molecular weight is 370 g/mol. The van der Waals surface area contributed by atoms with E-state index in [0.717, 1.165) is 23.5 Å². The molecule has 0 unspecified atom stereocenters. The number of carbonyl (C=O) groups is 2. The van der Waals surface area contributed by atoms with Crippen molar-refractivity contribution in [1.29, 1.82) is 0 Å². The van der Waals surface area contributed by atoms with Crippen LogP contribution in [0.5, 0.6) is 0 Å². The summed E-state index contributed by atoms with van der Waals surface area (Å²) in [7, 11) is 0. The molecule has 1 N–H and O–H groups in total. The molecule has 27 heavy (non-hydrogen) atoms. The molecule has 4 saturated carbocycles. The normalized spacial score (nSPS) is 38.4. The van der Waals surface area contributed by atoms with E-state index in [9.17, 15) is 9.59 Å². The molecular weight excluding hydrogens is 340 g/mol. The maximum Gasteiger partial charge on any atom is 0.225 e. The van der Waals surface area contributed by atoms with Gasteiger partial charge in [-0.25, -0.2) is 0 Å². The van der Waals surface area contributed by atoms with Gasteiger partial charge >= 0.3 is 0 Å². The van der Waals surface area contributed by atoms with Gasteiger partial charge in [-0.15, -0.1) is 0 Å². The second-order valence-electron chi connectivity index (χ2n) is 9.76. The minimum Gasteiger partial charge on any atom is -0.467 e. The molecule has 0 radical (unpaired) electrons. The topological polar surface area (TPSA) is 62.6 Å². The molecule has 4 aliphatic carbocycles. The second kappa shape index (κ2) is 6.39. The van der Waals surface area contributed by atoms with Gasteiger partial charge in [-0.2, -0.15) is 0 Å². The lowest BCUT2D eigenvalue weighted by atomic mass is 9.48. The molecule has 2 amide bonds. The summed E-state index contributed by atoms with van der Waals surface area (Å²) in [6, 6.07) is 3.91. The van der Waals surface area contributed by atoms with Crippen molar-refractivity contribution >= 4 is 11.8 Å². The first-order valence-electron chi connectivity index (χ1n) is 10.6. The Morgan fingerprint density at radius 2 is 1.93 bits per heavy atom. The van der Waals surface area contributed by atoms with Crippen LogP contribution in [0.1, 0.15) is 57.6 Å². The van der Waals surface area contributed by atoms with Gasteiger partial charge in [0.15, 0.2) is 0 Å². The van der Waals surface area contributed by atoms with Crippen LogP contribution >= 0.6 is 0 Å². The SMILES string of the molecule is C[C@@H](NC(=O)[C@H]1CC(=O)N(Cc2ccco2)C1)C12CC3CC(CC(C3)C1)C2. The molecular formula is C22H30N2O3. The van der Waals surface area contributed by atoms with E-state index in [1.165, 1.54) is 38.5 Å². The maximum atomic E-state index is 12.9. The Bertz CT molecular complexity index is 691. The summed E-state index contributed by atoms with van der Waals surface area (Å²) in [5, 5.41) is 3.34. The lowest BCUT2D eigenvalue weighted by Crippen LogP contribution is -2.56. The quantitative estimate of drug-likeness (QED) is 0.865. The summed E-state index contributed by atoms with van der Waals surface area (Å²) in [4.78, 5) is 27.0. The molecule has 2 atom stereocenters. The lowest BCUT2D eigenvalue weighted by Gasteiger charge is -2.59. The fraction of sp³-hybridized carbons (Fsp3) is 0.727. The van der Waals surface area contributed by atoms with E-state index in [2.05, 4.69) is 12.2 Å². The first-order valence-corrected chi connectivity index (χ1v) is 10.6. The smallest absolute Gasteiger partial charge is 0.225 e. The predicted molar refractivity (Wildman–Crippen MR) is 100 cm³/mol. The number of hydrogen-bond acceptors (Lipinski definition) is 3. The van der Waals surface area contributed by atoms with Crippen LogP contribution in [0.3, 0.4) is 0 Å². The Labute approximate surface area is 160 Å². The molecule has 1 aromatic rings. The number of likely N-dealkylation sites (tertiary alicyclic amines) is 1.